The van der Waals surface area contributed by atoms with Crippen molar-refractivity contribution in [2.45, 2.75) is 19.3 Å². The molecule has 0 aromatic heterocycles. The van der Waals surface area contributed by atoms with Gasteiger partial charge in [-0.05, 0) is 31.0 Å². The lowest BCUT2D eigenvalue weighted by molar-refractivity contribution is -0.132. The Morgan fingerprint density at radius 1 is 1.25 bits per heavy atom. The number of aryl methyl sites for hydroxylation is 1. The minimum absolute atomic E-state index is 0.300. The summed E-state index contributed by atoms with van der Waals surface area (Å²) in [4.78, 5) is 16.6. The van der Waals surface area contributed by atoms with Gasteiger partial charge < -0.3 is 15.1 Å². The minimum atomic E-state index is 0.300. The molecule has 20 heavy (non-hydrogen) atoms. The molecule has 0 atom stereocenters. The van der Waals surface area contributed by atoms with E-state index in [1.165, 1.54) is 16.8 Å². The molecule has 4 nitrogen and oxygen atoms in total. The van der Waals surface area contributed by atoms with E-state index in [4.69, 9.17) is 0 Å². The Morgan fingerprint density at radius 2 is 2.05 bits per heavy atom. The standard InChI is InChI=1S/C16H23N3O/c1-18-9-11-19(12-10-18)15(20)6-5-13-3-2-4-14-7-8-17-16(13)14/h2-4,17H,5-12H2,1H3. The van der Waals surface area contributed by atoms with E-state index < -0.39 is 0 Å². The fourth-order valence-corrected chi connectivity index (χ4v) is 3.07. The zero-order chi connectivity index (χ0) is 13.9. The van der Waals surface area contributed by atoms with Crippen LogP contribution in [0.3, 0.4) is 0 Å². The molecule has 4 heteroatoms. The highest BCUT2D eigenvalue weighted by molar-refractivity contribution is 5.77. The number of fused-ring (bicyclic) bond motifs is 1. The van der Waals surface area contributed by atoms with Crippen molar-refractivity contribution < 1.29 is 4.79 Å². The van der Waals surface area contributed by atoms with Crippen molar-refractivity contribution in [2.75, 3.05) is 45.1 Å². The summed E-state index contributed by atoms with van der Waals surface area (Å²) in [6.07, 6.45) is 2.58. The Hall–Kier alpha value is -1.55. The average Bonchev–Trinajstić information content (AvgIpc) is 2.94. The highest BCUT2D eigenvalue weighted by atomic mass is 16.2. The number of hydrogen-bond acceptors (Lipinski definition) is 3. The van der Waals surface area contributed by atoms with Crippen LogP contribution in [0.1, 0.15) is 17.5 Å². The van der Waals surface area contributed by atoms with Crippen molar-refractivity contribution in [1.29, 1.82) is 0 Å². The molecule has 0 bridgehead atoms. The lowest BCUT2D eigenvalue weighted by Crippen LogP contribution is -2.47. The molecular weight excluding hydrogens is 250 g/mol. The topological polar surface area (TPSA) is 35.6 Å². The normalized spacial score (nSPS) is 18.8. The highest BCUT2D eigenvalue weighted by Gasteiger charge is 2.20. The number of likely N-dealkylation sites (N-methyl/N-ethyl adjacent to an activating group) is 1. The van der Waals surface area contributed by atoms with Gasteiger partial charge in [-0.3, -0.25) is 4.79 Å². The van der Waals surface area contributed by atoms with E-state index in [-0.39, 0.29) is 0 Å². The third-order valence-corrected chi connectivity index (χ3v) is 4.40. The van der Waals surface area contributed by atoms with Crippen LogP contribution in [0.5, 0.6) is 0 Å². The Bertz CT molecular complexity index is 492. The zero-order valence-electron chi connectivity index (χ0n) is 12.2. The van der Waals surface area contributed by atoms with Crippen LogP contribution >= 0.6 is 0 Å². The Balaban J connectivity index is 1.57. The first-order valence-corrected chi connectivity index (χ1v) is 7.55. The van der Waals surface area contributed by atoms with E-state index >= 15 is 0 Å². The second kappa shape index (κ2) is 5.83. The Morgan fingerprint density at radius 3 is 2.85 bits per heavy atom. The summed E-state index contributed by atoms with van der Waals surface area (Å²) in [5, 5.41) is 3.45. The van der Waals surface area contributed by atoms with Gasteiger partial charge in [-0.1, -0.05) is 18.2 Å². The zero-order valence-corrected chi connectivity index (χ0v) is 12.2. The predicted octanol–water partition coefficient (Wildman–Crippen LogP) is 1.36. The van der Waals surface area contributed by atoms with Gasteiger partial charge in [0.05, 0.1) is 0 Å². The highest BCUT2D eigenvalue weighted by Crippen LogP contribution is 2.27. The SMILES string of the molecule is CN1CCN(C(=O)CCc2cccc3c2NCC3)CC1. The smallest absolute Gasteiger partial charge is 0.222 e. The third-order valence-electron chi connectivity index (χ3n) is 4.40. The first-order valence-electron chi connectivity index (χ1n) is 7.55. The maximum absolute atomic E-state index is 12.3. The summed E-state index contributed by atoms with van der Waals surface area (Å²) in [5.41, 5.74) is 3.97. The summed E-state index contributed by atoms with van der Waals surface area (Å²) < 4.78 is 0. The molecule has 0 unspecified atom stereocenters. The van der Waals surface area contributed by atoms with E-state index in [0.29, 0.717) is 12.3 Å². The van der Waals surface area contributed by atoms with Crippen LogP contribution < -0.4 is 5.32 Å². The number of rotatable bonds is 3. The number of carbonyl (C=O) groups excluding carboxylic acids is 1. The maximum atomic E-state index is 12.3. The minimum Gasteiger partial charge on any atom is -0.384 e. The second-order valence-corrected chi connectivity index (χ2v) is 5.81. The first kappa shape index (κ1) is 13.4. The predicted molar refractivity (Wildman–Crippen MR) is 81.0 cm³/mol. The van der Waals surface area contributed by atoms with Crippen molar-refractivity contribution in [3.63, 3.8) is 0 Å². The fourth-order valence-electron chi connectivity index (χ4n) is 3.07. The van der Waals surface area contributed by atoms with Crippen LogP contribution in [0.25, 0.3) is 0 Å². The van der Waals surface area contributed by atoms with Crippen LogP contribution in [-0.4, -0.2) is 55.5 Å². The monoisotopic (exact) mass is 273 g/mol. The number of benzene rings is 1. The quantitative estimate of drug-likeness (QED) is 0.903. The molecule has 0 radical (unpaired) electrons. The molecular formula is C16H23N3O. The van der Waals surface area contributed by atoms with Gasteiger partial charge in [-0.15, -0.1) is 0 Å². The van der Waals surface area contributed by atoms with Crippen LogP contribution in [0.15, 0.2) is 18.2 Å². The number of para-hydroxylation sites is 1. The molecule has 2 heterocycles. The first-order chi connectivity index (χ1) is 9.74. The van der Waals surface area contributed by atoms with E-state index in [9.17, 15) is 4.79 Å². The summed E-state index contributed by atoms with van der Waals surface area (Å²) in [6.45, 7) is 4.77. The van der Waals surface area contributed by atoms with E-state index in [1.807, 2.05) is 4.90 Å². The van der Waals surface area contributed by atoms with Crippen LogP contribution in [0.4, 0.5) is 5.69 Å². The van der Waals surface area contributed by atoms with Crippen LogP contribution in [0, 0.1) is 0 Å². The lowest BCUT2D eigenvalue weighted by Gasteiger charge is -2.32. The van der Waals surface area contributed by atoms with Gasteiger partial charge in [-0.25, -0.2) is 0 Å². The summed E-state index contributed by atoms with van der Waals surface area (Å²) in [5.74, 6) is 0.300. The van der Waals surface area contributed by atoms with Gasteiger partial charge in [-0.2, -0.15) is 0 Å². The molecule has 108 valence electrons. The molecule has 1 N–H and O–H groups in total. The van der Waals surface area contributed by atoms with E-state index in [0.717, 1.165) is 45.6 Å². The Labute approximate surface area is 120 Å². The number of piperazine rings is 1. The van der Waals surface area contributed by atoms with Gasteiger partial charge in [0, 0.05) is 44.8 Å². The lowest BCUT2D eigenvalue weighted by atomic mass is 10.0. The van der Waals surface area contributed by atoms with Gasteiger partial charge in [0.2, 0.25) is 5.91 Å². The molecule has 1 aromatic rings. The van der Waals surface area contributed by atoms with Gasteiger partial charge in [0.25, 0.3) is 0 Å². The molecule has 0 saturated carbocycles. The Kier molecular flexibility index (Phi) is 3.92. The fraction of sp³-hybridized carbons (Fsp3) is 0.562. The summed E-state index contributed by atoms with van der Waals surface area (Å²) in [7, 11) is 2.11. The number of carbonyl (C=O) groups is 1. The van der Waals surface area contributed by atoms with Gasteiger partial charge in [0.15, 0.2) is 0 Å². The van der Waals surface area contributed by atoms with Crippen LogP contribution in [-0.2, 0) is 17.6 Å². The van der Waals surface area contributed by atoms with Gasteiger partial charge >= 0.3 is 0 Å². The molecule has 0 aliphatic carbocycles. The van der Waals surface area contributed by atoms with E-state index in [1.54, 1.807) is 0 Å². The molecule has 1 saturated heterocycles. The van der Waals surface area contributed by atoms with Crippen molar-refractivity contribution in [3.8, 4) is 0 Å². The van der Waals surface area contributed by atoms with Crippen LogP contribution in [0.2, 0.25) is 0 Å². The number of nitrogens with zero attached hydrogens (tertiary/aromatic N) is 2. The molecule has 0 spiro atoms. The second-order valence-electron chi connectivity index (χ2n) is 5.81. The number of anilines is 1. The van der Waals surface area contributed by atoms with Crippen molar-refractivity contribution in [2.24, 2.45) is 0 Å². The molecule has 1 fully saturated rings. The third kappa shape index (κ3) is 2.80. The number of amides is 1. The van der Waals surface area contributed by atoms with Crippen molar-refractivity contribution in [1.82, 2.24) is 9.80 Å². The number of nitrogens with one attached hydrogen (secondary N) is 1. The molecule has 1 amide bonds. The van der Waals surface area contributed by atoms with Crippen molar-refractivity contribution in [3.05, 3.63) is 29.3 Å². The van der Waals surface area contributed by atoms with Crippen molar-refractivity contribution >= 4 is 11.6 Å². The van der Waals surface area contributed by atoms with Gasteiger partial charge in [0.1, 0.15) is 0 Å². The molecule has 3 rings (SSSR count). The maximum Gasteiger partial charge on any atom is 0.222 e. The average molecular weight is 273 g/mol. The van der Waals surface area contributed by atoms with E-state index in [2.05, 4.69) is 35.5 Å². The molecule has 2 aliphatic rings. The molecule has 1 aromatic carbocycles. The largest absolute Gasteiger partial charge is 0.384 e. The summed E-state index contributed by atoms with van der Waals surface area (Å²) in [6, 6.07) is 6.44. The summed E-state index contributed by atoms with van der Waals surface area (Å²) >= 11 is 0. The molecule has 2 aliphatic heterocycles. The number of hydrogen-bond donors (Lipinski definition) is 1.